The second-order valence-corrected chi connectivity index (χ2v) is 12.5. The molecule has 0 saturated carbocycles. The standard InChI is InChI=1S/C45H37N5O4/c1-4-53-45(52)42-38(27-37(33-15-7-5-8-16-33)34-17-9-6-10-18-34)41(44(51)54-26-12-14-32-13-11-24-46-28-32)30(2)48-43(42)35-19-21-36(22-20-35)50-31(3)49-39-29-47-25-23-40(39)50/h5-11,13,15-25,27-29,38,48H,4,26H2,1-3H3. The van der Waals surface area contributed by atoms with Crippen LogP contribution in [0, 0.1) is 24.7 Å². The highest BCUT2D eigenvalue weighted by molar-refractivity contribution is 6.05. The predicted molar refractivity (Wildman–Crippen MR) is 209 cm³/mol. The molecule has 1 aliphatic heterocycles. The quantitative estimate of drug-likeness (QED) is 0.121. The Kier molecular flexibility index (Phi) is 10.5. The molecular formula is C45H37N5O4. The SMILES string of the molecule is CCOC(=O)C1=C(c2ccc(-n3c(C)nc4cnccc43)cc2)NC(C)=C(C(=O)OCC#Cc2cccnc2)C1C=C(c1ccccc1)c1ccccc1. The van der Waals surface area contributed by atoms with Crippen molar-refractivity contribution in [2.45, 2.75) is 20.8 Å². The minimum atomic E-state index is -0.860. The van der Waals surface area contributed by atoms with Crippen LogP contribution >= 0.6 is 0 Å². The Balaban J connectivity index is 1.36. The minimum absolute atomic E-state index is 0.142. The zero-order valence-corrected chi connectivity index (χ0v) is 30.1. The number of benzene rings is 3. The van der Waals surface area contributed by atoms with Gasteiger partial charge in [0.1, 0.15) is 11.3 Å². The molecule has 0 amide bonds. The summed E-state index contributed by atoms with van der Waals surface area (Å²) in [7, 11) is 0. The normalized spacial score (nSPS) is 13.8. The van der Waals surface area contributed by atoms with Gasteiger partial charge in [0.05, 0.1) is 35.2 Å². The third kappa shape index (κ3) is 7.45. The maximum absolute atomic E-state index is 14.2. The van der Waals surface area contributed by atoms with Crippen LogP contribution in [0.4, 0.5) is 0 Å². The van der Waals surface area contributed by atoms with Crippen LogP contribution < -0.4 is 5.32 Å². The number of nitrogens with zero attached hydrogens (tertiary/aromatic N) is 4. The molecule has 1 N–H and O–H groups in total. The fraction of sp³-hybridized carbons (Fsp3) is 0.133. The summed E-state index contributed by atoms with van der Waals surface area (Å²) in [5.74, 6) is 4.69. The first-order valence-corrected chi connectivity index (χ1v) is 17.6. The average molecular weight is 712 g/mol. The predicted octanol–water partition coefficient (Wildman–Crippen LogP) is 7.62. The van der Waals surface area contributed by atoms with E-state index in [4.69, 9.17) is 9.47 Å². The van der Waals surface area contributed by atoms with Crippen LogP contribution in [0.1, 0.15) is 41.9 Å². The number of carbonyl (C=O) groups excluding carboxylic acids is 2. The number of hydrogen-bond acceptors (Lipinski definition) is 8. The Morgan fingerprint density at radius 3 is 2.15 bits per heavy atom. The monoisotopic (exact) mass is 711 g/mol. The van der Waals surface area contributed by atoms with Crippen molar-refractivity contribution in [2.75, 3.05) is 13.2 Å². The topological polar surface area (TPSA) is 108 Å². The fourth-order valence-electron chi connectivity index (χ4n) is 6.64. The Hall–Kier alpha value is -7.05. The number of rotatable bonds is 9. The minimum Gasteiger partial charge on any atom is -0.463 e. The Labute approximate surface area is 313 Å². The summed E-state index contributed by atoms with van der Waals surface area (Å²) in [4.78, 5) is 41.3. The number of fused-ring (bicyclic) bond motifs is 1. The molecule has 0 radical (unpaired) electrons. The molecule has 4 heterocycles. The number of aryl methyl sites for hydroxylation is 1. The maximum atomic E-state index is 14.2. The molecule has 1 atom stereocenters. The molecule has 54 heavy (non-hydrogen) atoms. The number of imidazole rings is 1. The summed E-state index contributed by atoms with van der Waals surface area (Å²) in [5.41, 5.74) is 8.38. The second kappa shape index (κ2) is 16.1. The maximum Gasteiger partial charge on any atom is 0.337 e. The molecule has 0 bridgehead atoms. The highest BCUT2D eigenvalue weighted by Crippen LogP contribution is 2.39. The van der Waals surface area contributed by atoms with E-state index in [1.165, 1.54) is 0 Å². The lowest BCUT2D eigenvalue weighted by atomic mass is 9.80. The van der Waals surface area contributed by atoms with Crippen molar-refractivity contribution in [3.8, 4) is 17.5 Å². The van der Waals surface area contributed by atoms with Crippen molar-refractivity contribution in [3.05, 3.63) is 179 Å². The molecule has 0 aliphatic carbocycles. The fourth-order valence-corrected chi connectivity index (χ4v) is 6.64. The van der Waals surface area contributed by atoms with Crippen LogP contribution in [-0.4, -0.2) is 44.7 Å². The largest absolute Gasteiger partial charge is 0.463 e. The van der Waals surface area contributed by atoms with E-state index in [9.17, 15) is 9.59 Å². The van der Waals surface area contributed by atoms with Gasteiger partial charge in [-0.05, 0) is 73.4 Å². The molecule has 9 nitrogen and oxygen atoms in total. The number of ether oxygens (including phenoxy) is 2. The first kappa shape index (κ1) is 35.4. The number of nitrogens with one attached hydrogen (secondary N) is 1. The number of hydrogen-bond donors (Lipinski definition) is 1. The first-order valence-electron chi connectivity index (χ1n) is 17.6. The van der Waals surface area contributed by atoms with Gasteiger partial charge in [0, 0.05) is 41.5 Å². The zero-order valence-electron chi connectivity index (χ0n) is 30.1. The number of pyridine rings is 2. The number of aromatic nitrogens is 4. The lowest BCUT2D eigenvalue weighted by Crippen LogP contribution is -2.33. The van der Waals surface area contributed by atoms with Gasteiger partial charge in [-0.2, -0.15) is 0 Å². The van der Waals surface area contributed by atoms with E-state index >= 15 is 0 Å². The van der Waals surface area contributed by atoms with Gasteiger partial charge < -0.3 is 14.8 Å². The van der Waals surface area contributed by atoms with Crippen molar-refractivity contribution < 1.29 is 19.1 Å². The van der Waals surface area contributed by atoms with E-state index in [-0.39, 0.29) is 24.4 Å². The van der Waals surface area contributed by atoms with Crippen LogP contribution in [0.25, 0.3) is 28.0 Å². The average Bonchev–Trinajstić information content (AvgIpc) is 3.55. The molecule has 0 spiro atoms. The van der Waals surface area contributed by atoms with E-state index in [2.05, 4.69) is 36.7 Å². The van der Waals surface area contributed by atoms with E-state index in [0.29, 0.717) is 17.0 Å². The molecule has 0 fully saturated rings. The van der Waals surface area contributed by atoms with Crippen molar-refractivity contribution in [3.63, 3.8) is 0 Å². The van der Waals surface area contributed by atoms with Gasteiger partial charge in [-0.15, -0.1) is 0 Å². The molecule has 7 rings (SSSR count). The van der Waals surface area contributed by atoms with Crippen molar-refractivity contribution in [1.29, 1.82) is 0 Å². The van der Waals surface area contributed by atoms with Crippen LogP contribution in [-0.2, 0) is 19.1 Å². The van der Waals surface area contributed by atoms with Gasteiger partial charge in [-0.1, -0.05) is 90.7 Å². The van der Waals surface area contributed by atoms with E-state index in [1.54, 1.807) is 37.8 Å². The number of allylic oxidation sites excluding steroid dienone is 2. The molecular weight excluding hydrogens is 675 g/mol. The van der Waals surface area contributed by atoms with Gasteiger partial charge >= 0.3 is 11.9 Å². The molecule has 1 unspecified atom stereocenters. The Morgan fingerprint density at radius 2 is 1.48 bits per heavy atom. The molecule has 266 valence electrons. The molecule has 3 aromatic heterocycles. The Morgan fingerprint density at radius 1 is 0.796 bits per heavy atom. The lowest BCUT2D eigenvalue weighted by Gasteiger charge is -2.30. The van der Waals surface area contributed by atoms with E-state index in [0.717, 1.165) is 44.8 Å². The van der Waals surface area contributed by atoms with Crippen LogP contribution in [0.3, 0.4) is 0 Å². The highest BCUT2D eigenvalue weighted by Gasteiger charge is 2.38. The molecule has 3 aromatic carbocycles. The van der Waals surface area contributed by atoms with Gasteiger partial charge in [0.2, 0.25) is 0 Å². The molecule has 6 aromatic rings. The summed E-state index contributed by atoms with van der Waals surface area (Å²) in [6.45, 7) is 5.51. The molecule has 9 heteroatoms. The molecule has 1 aliphatic rings. The van der Waals surface area contributed by atoms with Crippen molar-refractivity contribution in [1.82, 2.24) is 24.8 Å². The van der Waals surface area contributed by atoms with Gasteiger partial charge in [0.15, 0.2) is 6.61 Å². The summed E-state index contributed by atoms with van der Waals surface area (Å²) < 4.78 is 13.6. The third-order valence-corrected chi connectivity index (χ3v) is 9.03. The first-order chi connectivity index (χ1) is 26.4. The van der Waals surface area contributed by atoms with Crippen molar-refractivity contribution >= 4 is 34.2 Å². The van der Waals surface area contributed by atoms with Crippen molar-refractivity contribution in [2.24, 2.45) is 5.92 Å². The van der Waals surface area contributed by atoms with Gasteiger partial charge in [-0.3, -0.25) is 14.5 Å². The summed E-state index contributed by atoms with van der Waals surface area (Å²) in [6, 6.07) is 33.2. The Bertz CT molecular complexity index is 2430. The number of carbonyl (C=O) groups is 2. The van der Waals surface area contributed by atoms with Crippen LogP contribution in [0.2, 0.25) is 0 Å². The van der Waals surface area contributed by atoms with Gasteiger partial charge in [-0.25, -0.2) is 14.6 Å². The van der Waals surface area contributed by atoms with Crippen LogP contribution in [0.5, 0.6) is 0 Å². The number of dihydropyridines is 1. The third-order valence-electron chi connectivity index (χ3n) is 9.03. The summed E-state index contributed by atoms with van der Waals surface area (Å²) >= 11 is 0. The van der Waals surface area contributed by atoms with Gasteiger partial charge in [0.25, 0.3) is 0 Å². The number of esters is 2. The van der Waals surface area contributed by atoms with Crippen LogP contribution in [0.15, 0.2) is 151 Å². The smallest absolute Gasteiger partial charge is 0.337 e. The van der Waals surface area contributed by atoms with E-state index < -0.39 is 17.9 Å². The summed E-state index contributed by atoms with van der Waals surface area (Å²) in [5, 5.41) is 3.40. The zero-order chi connectivity index (χ0) is 37.4. The molecule has 0 saturated heterocycles. The van der Waals surface area contributed by atoms with E-state index in [1.807, 2.05) is 117 Å². The second-order valence-electron chi connectivity index (χ2n) is 12.5. The highest BCUT2D eigenvalue weighted by atomic mass is 16.5. The lowest BCUT2D eigenvalue weighted by molar-refractivity contribution is -0.139. The summed E-state index contributed by atoms with van der Waals surface area (Å²) in [6.07, 6.45) is 8.76.